The summed E-state index contributed by atoms with van der Waals surface area (Å²) in [6.45, 7) is 13.7. The zero-order chi connectivity index (χ0) is 19.9. The Kier molecular flexibility index (Phi) is 5.81. The first-order chi connectivity index (χ1) is 11.8. The lowest BCUT2D eigenvalue weighted by atomic mass is 10.3. The monoisotopic (exact) mass is 398 g/mol. The lowest BCUT2D eigenvalue weighted by Gasteiger charge is -2.29. The SMILES string of the molecule is Cn1c(=O)c2c(ncn2CC(CO[Si](C)(C)C)O[Si](C)(C)C)n(C)c1=O. The standard InChI is InChI=1S/C16H30N4O4Si2/c1-18-14-13(15(21)19(2)16(18)22)20(11-17-14)9-12(24-26(6,7)8)10-23-25(3,4)5/h11-12H,9-10H2,1-8H3. The minimum absolute atomic E-state index is 0.173. The first kappa shape index (κ1) is 20.8. The fourth-order valence-corrected chi connectivity index (χ4v) is 4.55. The molecule has 0 saturated heterocycles. The molecule has 2 aromatic rings. The number of rotatable bonds is 7. The van der Waals surface area contributed by atoms with Gasteiger partial charge in [-0.3, -0.25) is 13.9 Å². The first-order valence-electron chi connectivity index (χ1n) is 8.73. The van der Waals surface area contributed by atoms with Crippen molar-refractivity contribution in [3.63, 3.8) is 0 Å². The van der Waals surface area contributed by atoms with Gasteiger partial charge in [-0.1, -0.05) is 0 Å². The van der Waals surface area contributed by atoms with Crippen molar-refractivity contribution in [1.29, 1.82) is 0 Å². The summed E-state index contributed by atoms with van der Waals surface area (Å²) < 4.78 is 16.6. The summed E-state index contributed by atoms with van der Waals surface area (Å²) in [4.78, 5) is 29.0. The van der Waals surface area contributed by atoms with Gasteiger partial charge in [0.05, 0.1) is 25.6 Å². The first-order valence-corrected chi connectivity index (χ1v) is 15.5. The van der Waals surface area contributed by atoms with E-state index < -0.39 is 16.6 Å². The Hall–Kier alpha value is -1.50. The quantitative estimate of drug-likeness (QED) is 0.661. The van der Waals surface area contributed by atoms with Gasteiger partial charge in [-0.25, -0.2) is 9.78 Å². The van der Waals surface area contributed by atoms with E-state index >= 15 is 0 Å². The Morgan fingerprint density at radius 2 is 1.65 bits per heavy atom. The summed E-state index contributed by atoms with van der Waals surface area (Å²) in [6.07, 6.45) is 1.42. The van der Waals surface area contributed by atoms with Crippen LogP contribution >= 0.6 is 0 Å². The molecule has 0 amide bonds. The van der Waals surface area contributed by atoms with Crippen LogP contribution in [0.2, 0.25) is 39.3 Å². The number of aromatic nitrogens is 4. The van der Waals surface area contributed by atoms with Gasteiger partial charge in [-0.2, -0.15) is 0 Å². The molecule has 0 fully saturated rings. The molecule has 2 heterocycles. The van der Waals surface area contributed by atoms with Gasteiger partial charge in [0.15, 0.2) is 27.8 Å². The summed E-state index contributed by atoms with van der Waals surface area (Å²) in [7, 11) is -0.391. The Bertz CT molecular complexity index is 902. The molecule has 26 heavy (non-hydrogen) atoms. The zero-order valence-electron chi connectivity index (χ0n) is 17.0. The Labute approximate surface area is 155 Å². The number of nitrogens with zero attached hydrogens (tertiary/aromatic N) is 4. The highest BCUT2D eigenvalue weighted by Gasteiger charge is 2.25. The van der Waals surface area contributed by atoms with Crippen LogP contribution in [0.5, 0.6) is 0 Å². The number of fused-ring (bicyclic) bond motifs is 1. The van der Waals surface area contributed by atoms with E-state index in [1.54, 1.807) is 17.9 Å². The predicted molar refractivity (Wildman–Crippen MR) is 108 cm³/mol. The van der Waals surface area contributed by atoms with Crippen LogP contribution < -0.4 is 11.2 Å². The molecule has 1 unspecified atom stereocenters. The van der Waals surface area contributed by atoms with Crippen LogP contribution in [0.1, 0.15) is 0 Å². The van der Waals surface area contributed by atoms with E-state index in [0.717, 1.165) is 4.57 Å². The molecule has 0 aromatic carbocycles. The topological polar surface area (TPSA) is 80.3 Å². The smallest absolute Gasteiger partial charge is 0.332 e. The second-order valence-corrected chi connectivity index (χ2v) is 17.5. The van der Waals surface area contributed by atoms with Crippen molar-refractivity contribution in [3.05, 3.63) is 27.2 Å². The van der Waals surface area contributed by atoms with E-state index in [1.165, 1.54) is 11.6 Å². The van der Waals surface area contributed by atoms with E-state index in [-0.39, 0.29) is 17.4 Å². The third-order valence-corrected chi connectivity index (χ3v) is 5.91. The minimum Gasteiger partial charge on any atom is -0.415 e. The lowest BCUT2D eigenvalue weighted by Crippen LogP contribution is -2.41. The van der Waals surface area contributed by atoms with Crippen LogP contribution in [0.4, 0.5) is 0 Å². The summed E-state index contributed by atoms with van der Waals surface area (Å²) in [6, 6.07) is 0. The van der Waals surface area contributed by atoms with Crippen LogP contribution in [0.15, 0.2) is 15.9 Å². The predicted octanol–water partition coefficient (Wildman–Crippen LogP) is 1.51. The normalized spacial score (nSPS) is 14.2. The molecule has 146 valence electrons. The molecule has 10 heteroatoms. The van der Waals surface area contributed by atoms with Crippen molar-refractivity contribution in [1.82, 2.24) is 18.7 Å². The highest BCUT2D eigenvalue weighted by Crippen LogP contribution is 2.14. The van der Waals surface area contributed by atoms with Crippen LogP contribution in [-0.4, -0.2) is 48.0 Å². The fourth-order valence-electron chi connectivity index (χ4n) is 2.72. The van der Waals surface area contributed by atoms with Gasteiger partial charge in [0, 0.05) is 14.1 Å². The van der Waals surface area contributed by atoms with Crippen molar-refractivity contribution >= 4 is 27.8 Å². The van der Waals surface area contributed by atoms with Gasteiger partial charge >= 0.3 is 5.69 Å². The minimum atomic E-state index is -1.80. The van der Waals surface area contributed by atoms with Gasteiger partial charge in [0.1, 0.15) is 0 Å². The number of imidazole rings is 1. The summed E-state index contributed by atoms with van der Waals surface area (Å²) in [5.41, 5.74) is 0.0610. The molecule has 0 saturated carbocycles. The van der Waals surface area contributed by atoms with Gasteiger partial charge in [-0.15, -0.1) is 0 Å². The molecule has 0 aliphatic rings. The molecule has 0 aliphatic heterocycles. The van der Waals surface area contributed by atoms with Gasteiger partial charge < -0.3 is 13.4 Å². The van der Waals surface area contributed by atoms with Crippen LogP contribution in [0.25, 0.3) is 11.2 Å². The Morgan fingerprint density at radius 1 is 1.04 bits per heavy atom. The third kappa shape index (κ3) is 4.81. The Morgan fingerprint density at radius 3 is 2.19 bits per heavy atom. The van der Waals surface area contributed by atoms with Crippen molar-refractivity contribution in [2.45, 2.75) is 51.9 Å². The second-order valence-electron chi connectivity index (χ2n) is 8.55. The molecular formula is C16H30N4O4Si2. The number of aryl methyl sites for hydroxylation is 1. The Balaban J connectivity index is 2.42. The number of hydrogen-bond donors (Lipinski definition) is 0. The molecule has 2 rings (SSSR count). The maximum atomic E-state index is 12.6. The van der Waals surface area contributed by atoms with E-state index in [2.05, 4.69) is 44.3 Å². The molecule has 2 aromatic heterocycles. The molecule has 0 spiro atoms. The van der Waals surface area contributed by atoms with Crippen molar-refractivity contribution in [2.75, 3.05) is 6.61 Å². The summed E-state index contributed by atoms with van der Waals surface area (Å²) in [5.74, 6) is 0. The maximum absolute atomic E-state index is 12.6. The zero-order valence-corrected chi connectivity index (χ0v) is 19.0. The van der Waals surface area contributed by atoms with Crippen LogP contribution in [-0.2, 0) is 29.5 Å². The van der Waals surface area contributed by atoms with Crippen molar-refractivity contribution in [2.24, 2.45) is 14.1 Å². The summed E-state index contributed by atoms with van der Waals surface area (Å²) >= 11 is 0. The molecule has 1 atom stereocenters. The fraction of sp³-hybridized carbons (Fsp3) is 0.688. The van der Waals surface area contributed by atoms with Gasteiger partial charge in [0.25, 0.3) is 5.56 Å². The second kappa shape index (κ2) is 7.26. The van der Waals surface area contributed by atoms with Crippen LogP contribution in [0.3, 0.4) is 0 Å². The highest BCUT2D eigenvalue weighted by molar-refractivity contribution is 6.70. The highest BCUT2D eigenvalue weighted by atomic mass is 28.4. The summed E-state index contributed by atoms with van der Waals surface area (Å²) in [5, 5.41) is 0. The van der Waals surface area contributed by atoms with Crippen LogP contribution in [0, 0.1) is 0 Å². The van der Waals surface area contributed by atoms with E-state index in [1.807, 2.05) is 0 Å². The molecule has 0 bridgehead atoms. The third-order valence-electron chi connectivity index (χ3n) is 3.84. The maximum Gasteiger partial charge on any atom is 0.332 e. The molecule has 0 radical (unpaired) electrons. The molecule has 0 N–H and O–H groups in total. The van der Waals surface area contributed by atoms with Crippen molar-refractivity contribution < 1.29 is 8.85 Å². The average molecular weight is 399 g/mol. The van der Waals surface area contributed by atoms with E-state index in [0.29, 0.717) is 24.3 Å². The molecular weight excluding hydrogens is 368 g/mol. The molecule has 8 nitrogen and oxygen atoms in total. The van der Waals surface area contributed by atoms with Gasteiger partial charge in [-0.05, 0) is 39.3 Å². The lowest BCUT2D eigenvalue weighted by molar-refractivity contribution is 0.105. The number of hydrogen-bond acceptors (Lipinski definition) is 5. The van der Waals surface area contributed by atoms with E-state index in [9.17, 15) is 9.59 Å². The average Bonchev–Trinajstić information content (AvgIpc) is 2.90. The van der Waals surface area contributed by atoms with Gasteiger partial charge in [0.2, 0.25) is 0 Å². The van der Waals surface area contributed by atoms with E-state index in [4.69, 9.17) is 8.85 Å². The van der Waals surface area contributed by atoms with Crippen molar-refractivity contribution in [3.8, 4) is 0 Å². The largest absolute Gasteiger partial charge is 0.415 e. The molecule has 0 aliphatic carbocycles.